The molecule has 124 valence electrons. The number of alkyl halides is 2. The molecular formula is C18H17F2N3O. The van der Waals surface area contributed by atoms with Gasteiger partial charge in [0, 0.05) is 29.8 Å². The summed E-state index contributed by atoms with van der Waals surface area (Å²) in [4.78, 5) is 8.87. The second-order valence-electron chi connectivity index (χ2n) is 6.72. The summed E-state index contributed by atoms with van der Waals surface area (Å²) in [5.41, 5.74) is 0.144. The van der Waals surface area contributed by atoms with Gasteiger partial charge in [0.2, 0.25) is 17.6 Å². The highest BCUT2D eigenvalue weighted by Gasteiger charge is 2.44. The van der Waals surface area contributed by atoms with Gasteiger partial charge in [-0.2, -0.15) is 4.98 Å². The van der Waals surface area contributed by atoms with E-state index in [0.29, 0.717) is 30.3 Å². The van der Waals surface area contributed by atoms with Crippen LogP contribution < -0.4 is 0 Å². The van der Waals surface area contributed by atoms with Gasteiger partial charge >= 0.3 is 0 Å². The van der Waals surface area contributed by atoms with Gasteiger partial charge in [-0.3, -0.25) is 4.98 Å². The van der Waals surface area contributed by atoms with Crippen molar-refractivity contribution in [1.29, 1.82) is 0 Å². The molecule has 0 aliphatic heterocycles. The largest absolute Gasteiger partial charge is 0.338 e. The van der Waals surface area contributed by atoms with Crippen molar-refractivity contribution in [3.05, 3.63) is 42.4 Å². The van der Waals surface area contributed by atoms with E-state index in [4.69, 9.17) is 4.52 Å². The molecule has 3 aromatic rings. The molecular weight excluding hydrogens is 312 g/mol. The summed E-state index contributed by atoms with van der Waals surface area (Å²) in [6.45, 7) is 1.91. The molecule has 1 fully saturated rings. The average Bonchev–Trinajstić information content (AvgIpc) is 3.08. The maximum absolute atomic E-state index is 13.4. The van der Waals surface area contributed by atoms with Crippen molar-refractivity contribution in [1.82, 2.24) is 15.1 Å². The van der Waals surface area contributed by atoms with Crippen LogP contribution in [-0.4, -0.2) is 21.0 Å². The Morgan fingerprint density at radius 3 is 2.58 bits per heavy atom. The second kappa shape index (κ2) is 5.33. The molecule has 4 nitrogen and oxygen atoms in total. The van der Waals surface area contributed by atoms with E-state index in [2.05, 4.69) is 15.1 Å². The number of aromatic nitrogens is 3. The maximum atomic E-state index is 13.4. The van der Waals surface area contributed by atoms with Gasteiger partial charge in [0.15, 0.2) is 0 Å². The Morgan fingerprint density at radius 2 is 1.79 bits per heavy atom. The standard InChI is InChI=1S/C18H17F2N3O/c1-17(7-9-18(19,20)10-8-17)16-22-15(23-24-16)14-13-5-3-2-4-12(13)6-11-21-14/h2-6,11H,7-10H2,1H3. The molecule has 1 aliphatic carbocycles. The van der Waals surface area contributed by atoms with Crippen LogP contribution in [0.3, 0.4) is 0 Å². The third-order valence-corrected chi connectivity index (χ3v) is 4.91. The van der Waals surface area contributed by atoms with Gasteiger partial charge < -0.3 is 4.52 Å². The first-order chi connectivity index (χ1) is 11.5. The summed E-state index contributed by atoms with van der Waals surface area (Å²) in [6.07, 6.45) is 2.09. The average molecular weight is 329 g/mol. The fourth-order valence-electron chi connectivity index (χ4n) is 3.24. The quantitative estimate of drug-likeness (QED) is 0.681. The van der Waals surface area contributed by atoms with Crippen LogP contribution in [0.2, 0.25) is 0 Å². The van der Waals surface area contributed by atoms with Crippen molar-refractivity contribution in [3.63, 3.8) is 0 Å². The lowest BCUT2D eigenvalue weighted by atomic mass is 9.74. The molecule has 2 aromatic heterocycles. The SMILES string of the molecule is CC1(c2nc(-c3nccc4ccccc34)no2)CCC(F)(F)CC1. The number of hydrogen-bond donors (Lipinski definition) is 0. The number of nitrogens with zero attached hydrogens (tertiary/aromatic N) is 3. The zero-order chi connectivity index (χ0) is 16.8. The Morgan fingerprint density at radius 1 is 1.04 bits per heavy atom. The lowest BCUT2D eigenvalue weighted by Gasteiger charge is -2.34. The fraction of sp³-hybridized carbons (Fsp3) is 0.389. The minimum atomic E-state index is -2.58. The summed E-state index contributed by atoms with van der Waals surface area (Å²) in [5.74, 6) is -1.76. The number of rotatable bonds is 2. The van der Waals surface area contributed by atoms with Crippen molar-refractivity contribution in [3.8, 4) is 11.5 Å². The van der Waals surface area contributed by atoms with Crippen LogP contribution in [0.4, 0.5) is 8.78 Å². The first kappa shape index (κ1) is 15.2. The Kier molecular flexibility index (Phi) is 3.37. The van der Waals surface area contributed by atoms with Crippen LogP contribution in [0, 0.1) is 0 Å². The molecule has 6 heteroatoms. The first-order valence-electron chi connectivity index (χ1n) is 8.03. The van der Waals surface area contributed by atoms with E-state index < -0.39 is 11.3 Å². The summed E-state index contributed by atoms with van der Waals surface area (Å²) in [6, 6.07) is 9.75. The van der Waals surface area contributed by atoms with E-state index in [-0.39, 0.29) is 12.8 Å². The zero-order valence-corrected chi connectivity index (χ0v) is 13.3. The van der Waals surface area contributed by atoms with Gasteiger partial charge in [0.05, 0.1) is 0 Å². The zero-order valence-electron chi connectivity index (χ0n) is 13.3. The monoisotopic (exact) mass is 329 g/mol. The molecule has 0 spiro atoms. The summed E-state index contributed by atoms with van der Waals surface area (Å²) in [7, 11) is 0. The van der Waals surface area contributed by atoms with E-state index in [1.54, 1.807) is 6.20 Å². The molecule has 1 aliphatic rings. The van der Waals surface area contributed by atoms with Crippen LogP contribution in [0.1, 0.15) is 38.5 Å². The second-order valence-corrected chi connectivity index (χ2v) is 6.72. The summed E-state index contributed by atoms with van der Waals surface area (Å²) < 4.78 is 32.3. The topological polar surface area (TPSA) is 51.8 Å². The van der Waals surface area contributed by atoms with Crippen LogP contribution in [0.5, 0.6) is 0 Å². The number of hydrogen-bond acceptors (Lipinski definition) is 4. The lowest BCUT2D eigenvalue weighted by molar-refractivity contribution is -0.0532. The Hall–Kier alpha value is -2.37. The molecule has 1 aromatic carbocycles. The smallest absolute Gasteiger partial charge is 0.248 e. The molecule has 0 atom stereocenters. The van der Waals surface area contributed by atoms with E-state index in [0.717, 1.165) is 10.8 Å². The number of fused-ring (bicyclic) bond motifs is 1. The third-order valence-electron chi connectivity index (χ3n) is 4.91. The molecule has 0 unspecified atom stereocenters. The minimum Gasteiger partial charge on any atom is -0.338 e. The van der Waals surface area contributed by atoms with Crippen LogP contribution >= 0.6 is 0 Å². The number of pyridine rings is 1. The normalized spacial score (nSPS) is 19.5. The van der Waals surface area contributed by atoms with Crippen molar-refractivity contribution >= 4 is 10.8 Å². The molecule has 0 N–H and O–H groups in total. The summed E-state index contributed by atoms with van der Waals surface area (Å²) >= 11 is 0. The maximum Gasteiger partial charge on any atom is 0.248 e. The van der Waals surface area contributed by atoms with Gasteiger partial charge in [-0.25, -0.2) is 8.78 Å². The Bertz CT molecular complexity index is 875. The molecule has 0 saturated heterocycles. The van der Waals surface area contributed by atoms with Gasteiger partial charge in [-0.05, 0) is 24.3 Å². The van der Waals surface area contributed by atoms with E-state index in [9.17, 15) is 8.78 Å². The third kappa shape index (κ3) is 2.56. The number of halogens is 2. The van der Waals surface area contributed by atoms with Crippen LogP contribution in [-0.2, 0) is 5.41 Å². The highest BCUT2D eigenvalue weighted by molar-refractivity contribution is 5.92. The van der Waals surface area contributed by atoms with E-state index in [1.807, 2.05) is 37.3 Å². The Balaban J connectivity index is 1.70. The van der Waals surface area contributed by atoms with Crippen molar-refractivity contribution in [2.24, 2.45) is 0 Å². The molecule has 0 radical (unpaired) electrons. The fourth-order valence-corrected chi connectivity index (χ4v) is 3.24. The van der Waals surface area contributed by atoms with Gasteiger partial charge in [0.1, 0.15) is 5.69 Å². The molecule has 4 rings (SSSR count). The van der Waals surface area contributed by atoms with E-state index >= 15 is 0 Å². The molecule has 1 saturated carbocycles. The minimum absolute atomic E-state index is 0.145. The number of benzene rings is 1. The molecule has 0 bridgehead atoms. The van der Waals surface area contributed by atoms with E-state index in [1.165, 1.54) is 0 Å². The molecule has 0 amide bonds. The van der Waals surface area contributed by atoms with Crippen LogP contribution in [0.25, 0.3) is 22.3 Å². The highest BCUT2D eigenvalue weighted by Crippen LogP contribution is 2.44. The van der Waals surface area contributed by atoms with Gasteiger partial charge in [-0.15, -0.1) is 0 Å². The van der Waals surface area contributed by atoms with Crippen molar-refractivity contribution in [2.75, 3.05) is 0 Å². The lowest BCUT2D eigenvalue weighted by Crippen LogP contribution is -2.34. The Labute approximate surface area is 137 Å². The predicted molar refractivity (Wildman–Crippen MR) is 85.8 cm³/mol. The first-order valence-corrected chi connectivity index (χ1v) is 8.03. The predicted octanol–water partition coefficient (Wildman–Crippen LogP) is 4.75. The van der Waals surface area contributed by atoms with Crippen molar-refractivity contribution in [2.45, 2.75) is 43.9 Å². The van der Waals surface area contributed by atoms with Crippen LogP contribution in [0.15, 0.2) is 41.1 Å². The van der Waals surface area contributed by atoms with Crippen molar-refractivity contribution < 1.29 is 13.3 Å². The highest BCUT2D eigenvalue weighted by atomic mass is 19.3. The van der Waals surface area contributed by atoms with Gasteiger partial charge in [-0.1, -0.05) is 36.3 Å². The van der Waals surface area contributed by atoms with Gasteiger partial charge in [0.25, 0.3) is 0 Å². The molecule has 24 heavy (non-hydrogen) atoms. The molecule has 2 heterocycles. The summed E-state index contributed by atoms with van der Waals surface area (Å²) in [5, 5.41) is 6.03.